The number of carbonyl (C=O) groups excluding carboxylic acids is 2. The lowest BCUT2D eigenvalue weighted by Gasteiger charge is -2.15. The first-order valence-corrected chi connectivity index (χ1v) is 6.59. The number of rotatable bonds is 5. The molecule has 5 nitrogen and oxygen atoms in total. The van der Waals surface area contributed by atoms with Gasteiger partial charge in [-0.2, -0.15) is 0 Å². The van der Waals surface area contributed by atoms with E-state index in [1.54, 1.807) is 0 Å². The summed E-state index contributed by atoms with van der Waals surface area (Å²) in [6.45, 7) is 5.97. The number of hydrogen-bond donors (Lipinski definition) is 2. The summed E-state index contributed by atoms with van der Waals surface area (Å²) in [5.74, 6) is -0.229. The van der Waals surface area contributed by atoms with Gasteiger partial charge in [0.15, 0.2) is 0 Å². The molecule has 0 heterocycles. The van der Waals surface area contributed by atoms with Crippen LogP contribution in [0.15, 0.2) is 18.2 Å². The van der Waals surface area contributed by atoms with Crippen molar-refractivity contribution < 1.29 is 14.3 Å². The summed E-state index contributed by atoms with van der Waals surface area (Å²) >= 11 is 0. The van der Waals surface area contributed by atoms with Crippen molar-refractivity contribution in [1.82, 2.24) is 10.6 Å². The van der Waals surface area contributed by atoms with Gasteiger partial charge in [-0.1, -0.05) is 29.3 Å². The highest BCUT2D eigenvalue weighted by Gasteiger charge is 2.10. The minimum atomic E-state index is -0.609. The molecule has 0 bridgehead atoms. The summed E-state index contributed by atoms with van der Waals surface area (Å²) in [6.07, 6.45) is 0.147. The van der Waals surface area contributed by atoms with Crippen LogP contribution in [-0.2, 0) is 16.0 Å². The third-order valence-electron chi connectivity index (χ3n) is 2.81. The molecule has 0 aliphatic carbocycles. The van der Waals surface area contributed by atoms with Gasteiger partial charge in [0.1, 0.15) is 6.54 Å². The van der Waals surface area contributed by atoms with Crippen molar-refractivity contribution in [3.63, 3.8) is 0 Å². The van der Waals surface area contributed by atoms with Crippen LogP contribution in [0.25, 0.3) is 0 Å². The largest absolute Gasteiger partial charge is 0.453 e. The summed E-state index contributed by atoms with van der Waals surface area (Å²) in [5, 5.41) is 5.18. The Labute approximate surface area is 119 Å². The molecular weight excluding hydrogens is 256 g/mol. The number of nitrogens with one attached hydrogen (secondary N) is 2. The third kappa shape index (κ3) is 5.73. The summed E-state index contributed by atoms with van der Waals surface area (Å²) in [5.41, 5.74) is 3.62. The van der Waals surface area contributed by atoms with Crippen LogP contribution in [0.3, 0.4) is 0 Å². The fraction of sp³-hybridized carbons (Fsp3) is 0.467. The van der Waals surface area contributed by atoms with Crippen LogP contribution in [0.4, 0.5) is 4.79 Å². The maximum Gasteiger partial charge on any atom is 0.407 e. The minimum Gasteiger partial charge on any atom is -0.453 e. The Morgan fingerprint density at radius 3 is 2.35 bits per heavy atom. The summed E-state index contributed by atoms with van der Waals surface area (Å²) in [4.78, 5) is 22.5. The van der Waals surface area contributed by atoms with E-state index in [9.17, 15) is 9.59 Å². The van der Waals surface area contributed by atoms with Gasteiger partial charge in [-0.25, -0.2) is 4.79 Å². The fourth-order valence-electron chi connectivity index (χ4n) is 2.14. The lowest BCUT2D eigenvalue weighted by Crippen LogP contribution is -2.41. The highest BCUT2D eigenvalue weighted by molar-refractivity contribution is 5.82. The van der Waals surface area contributed by atoms with Crippen LogP contribution in [0, 0.1) is 13.8 Å². The Bertz CT molecular complexity index is 466. The van der Waals surface area contributed by atoms with Crippen molar-refractivity contribution in [2.45, 2.75) is 33.2 Å². The van der Waals surface area contributed by atoms with Crippen LogP contribution < -0.4 is 10.6 Å². The average Bonchev–Trinajstić information content (AvgIpc) is 2.34. The van der Waals surface area contributed by atoms with Gasteiger partial charge in [-0.05, 0) is 32.8 Å². The zero-order valence-electron chi connectivity index (χ0n) is 12.4. The molecule has 2 amide bonds. The van der Waals surface area contributed by atoms with Crippen molar-refractivity contribution in [3.8, 4) is 0 Å². The first-order valence-electron chi connectivity index (χ1n) is 6.59. The van der Waals surface area contributed by atoms with Crippen molar-refractivity contribution in [2.75, 3.05) is 13.7 Å². The maximum absolute atomic E-state index is 11.6. The van der Waals surface area contributed by atoms with Crippen LogP contribution in [0.1, 0.15) is 23.6 Å². The maximum atomic E-state index is 11.6. The van der Waals surface area contributed by atoms with E-state index in [1.807, 2.05) is 6.92 Å². The predicted octanol–water partition coefficient (Wildman–Crippen LogP) is 1.71. The smallest absolute Gasteiger partial charge is 0.407 e. The van der Waals surface area contributed by atoms with E-state index in [-0.39, 0.29) is 18.5 Å². The molecule has 1 aromatic carbocycles. The highest BCUT2D eigenvalue weighted by atomic mass is 16.5. The van der Waals surface area contributed by atoms with Crippen LogP contribution in [0.5, 0.6) is 0 Å². The van der Waals surface area contributed by atoms with Crippen LogP contribution in [-0.4, -0.2) is 31.7 Å². The van der Waals surface area contributed by atoms with Crippen molar-refractivity contribution in [2.24, 2.45) is 0 Å². The van der Waals surface area contributed by atoms with Crippen LogP contribution >= 0.6 is 0 Å². The molecule has 0 aliphatic heterocycles. The molecule has 2 N–H and O–H groups in total. The standard InChI is InChI=1S/C15H22N2O3/c1-10-5-11(2)7-13(6-10)8-12(3)17-14(18)9-16-15(19)20-4/h5-7,12H,8-9H2,1-4H3,(H,16,19)(H,17,18). The lowest BCUT2D eigenvalue weighted by molar-refractivity contribution is -0.120. The number of ether oxygens (including phenoxy) is 1. The average molecular weight is 278 g/mol. The predicted molar refractivity (Wildman–Crippen MR) is 77.6 cm³/mol. The number of methoxy groups -OCH3 is 1. The van der Waals surface area contributed by atoms with Crippen molar-refractivity contribution >= 4 is 12.0 Å². The molecule has 20 heavy (non-hydrogen) atoms. The second-order valence-electron chi connectivity index (χ2n) is 5.01. The molecule has 1 unspecified atom stereocenters. The lowest BCUT2D eigenvalue weighted by atomic mass is 10.0. The van der Waals surface area contributed by atoms with E-state index >= 15 is 0 Å². The molecule has 0 saturated carbocycles. The Balaban J connectivity index is 2.44. The number of aryl methyl sites for hydroxylation is 2. The van der Waals surface area contributed by atoms with Gasteiger partial charge in [0.25, 0.3) is 0 Å². The quantitative estimate of drug-likeness (QED) is 0.861. The Hall–Kier alpha value is -2.04. The molecule has 0 radical (unpaired) electrons. The molecule has 110 valence electrons. The summed E-state index contributed by atoms with van der Waals surface area (Å²) in [7, 11) is 1.26. The molecule has 5 heteroatoms. The molecule has 0 saturated heterocycles. The number of hydrogen-bond acceptors (Lipinski definition) is 3. The number of benzene rings is 1. The van der Waals surface area contributed by atoms with Gasteiger partial charge < -0.3 is 15.4 Å². The van der Waals surface area contributed by atoms with E-state index in [1.165, 1.54) is 23.8 Å². The molecule has 0 spiro atoms. The van der Waals surface area contributed by atoms with E-state index in [0.29, 0.717) is 0 Å². The minimum absolute atomic E-state index is 0.00291. The molecule has 0 fully saturated rings. The van der Waals surface area contributed by atoms with E-state index in [4.69, 9.17) is 0 Å². The Morgan fingerprint density at radius 1 is 1.20 bits per heavy atom. The van der Waals surface area contributed by atoms with E-state index in [0.717, 1.165) is 6.42 Å². The first kappa shape index (κ1) is 16.0. The third-order valence-corrected chi connectivity index (χ3v) is 2.81. The zero-order chi connectivity index (χ0) is 15.1. The van der Waals surface area contributed by atoms with Gasteiger partial charge in [0, 0.05) is 6.04 Å². The zero-order valence-corrected chi connectivity index (χ0v) is 12.4. The molecule has 1 atom stereocenters. The highest BCUT2D eigenvalue weighted by Crippen LogP contribution is 2.10. The van der Waals surface area contributed by atoms with Gasteiger partial charge in [-0.3, -0.25) is 4.79 Å². The molecule has 0 aromatic heterocycles. The van der Waals surface area contributed by atoms with Crippen molar-refractivity contribution in [1.29, 1.82) is 0 Å². The summed E-state index contributed by atoms with van der Waals surface area (Å²) in [6, 6.07) is 6.35. The molecule has 1 aromatic rings. The van der Waals surface area contributed by atoms with Gasteiger partial charge in [-0.15, -0.1) is 0 Å². The number of carbonyl (C=O) groups is 2. The number of alkyl carbamates (subject to hydrolysis) is 1. The SMILES string of the molecule is COC(=O)NCC(=O)NC(C)Cc1cc(C)cc(C)c1. The topological polar surface area (TPSA) is 67.4 Å². The second-order valence-corrected chi connectivity index (χ2v) is 5.01. The molecule has 1 rings (SSSR count). The Kier molecular flexibility index (Phi) is 6.03. The normalized spacial score (nSPS) is 11.6. The van der Waals surface area contributed by atoms with Gasteiger partial charge in [0.2, 0.25) is 5.91 Å². The fourth-order valence-corrected chi connectivity index (χ4v) is 2.14. The molecule has 0 aliphatic rings. The van der Waals surface area contributed by atoms with E-state index < -0.39 is 6.09 Å². The monoisotopic (exact) mass is 278 g/mol. The summed E-state index contributed by atoms with van der Waals surface area (Å²) < 4.78 is 4.40. The molecular formula is C15H22N2O3. The van der Waals surface area contributed by atoms with E-state index in [2.05, 4.69) is 47.4 Å². The second kappa shape index (κ2) is 7.53. The number of amides is 2. The Morgan fingerprint density at radius 2 is 1.80 bits per heavy atom. The van der Waals surface area contributed by atoms with Crippen LogP contribution in [0.2, 0.25) is 0 Å². The van der Waals surface area contributed by atoms with Gasteiger partial charge >= 0.3 is 6.09 Å². The van der Waals surface area contributed by atoms with Gasteiger partial charge in [0.05, 0.1) is 7.11 Å². The van der Waals surface area contributed by atoms with Crippen molar-refractivity contribution in [3.05, 3.63) is 34.9 Å². The first-order chi connectivity index (χ1) is 9.40.